The number of rotatable bonds is 11. The largest absolute Gasteiger partial charge is 0.392 e. The Morgan fingerprint density at radius 3 is 2.43 bits per heavy atom. The fourth-order valence-electron chi connectivity index (χ4n) is 3.06. The molecule has 2 N–H and O–H groups in total. The van der Waals surface area contributed by atoms with Crippen molar-refractivity contribution in [2.45, 2.75) is 90.6 Å². The molecule has 0 bridgehead atoms. The number of aliphatic imine (C=N–C) groups is 1. The van der Waals surface area contributed by atoms with Gasteiger partial charge in [-0.2, -0.15) is 0 Å². The van der Waals surface area contributed by atoms with Gasteiger partial charge in [0.05, 0.1) is 6.10 Å². The average Bonchev–Trinajstić information content (AvgIpc) is 2.54. The third kappa shape index (κ3) is 7.47. The molecule has 0 saturated carbocycles. The lowest BCUT2D eigenvalue weighted by molar-refractivity contribution is -0.131. The van der Waals surface area contributed by atoms with Gasteiger partial charge in [-0.1, -0.05) is 64.7 Å². The molecule has 23 heavy (non-hydrogen) atoms. The van der Waals surface area contributed by atoms with Crippen LogP contribution in [0.5, 0.6) is 0 Å². The molecule has 1 heterocycles. The van der Waals surface area contributed by atoms with Gasteiger partial charge in [0.25, 0.3) is 0 Å². The highest BCUT2D eigenvalue weighted by molar-refractivity contribution is 5.98. The van der Waals surface area contributed by atoms with Crippen LogP contribution >= 0.6 is 0 Å². The van der Waals surface area contributed by atoms with Gasteiger partial charge in [0.2, 0.25) is 5.91 Å². The summed E-state index contributed by atoms with van der Waals surface area (Å²) >= 11 is 0. The summed E-state index contributed by atoms with van der Waals surface area (Å²) in [5, 5.41) is 13.4. The highest BCUT2D eigenvalue weighted by Gasteiger charge is 2.39. The van der Waals surface area contributed by atoms with Crippen molar-refractivity contribution in [3.05, 3.63) is 0 Å². The predicted molar refractivity (Wildman–Crippen MR) is 96.9 cm³/mol. The van der Waals surface area contributed by atoms with Gasteiger partial charge >= 0.3 is 0 Å². The van der Waals surface area contributed by atoms with Gasteiger partial charge in [-0.05, 0) is 19.8 Å². The molecule has 4 heteroatoms. The summed E-state index contributed by atoms with van der Waals surface area (Å²) in [4.78, 5) is 16.5. The monoisotopic (exact) mass is 324 g/mol. The number of hydrogen-bond donors (Lipinski definition) is 2. The number of aliphatic hydroxyl groups is 1. The Kier molecular flexibility index (Phi) is 10.2. The molecule has 0 aromatic carbocycles. The number of unbranched alkanes of at least 4 members (excludes halogenated alkanes) is 8. The summed E-state index contributed by atoms with van der Waals surface area (Å²) < 4.78 is 0. The first-order valence-electron chi connectivity index (χ1n) is 9.58. The minimum absolute atomic E-state index is 0.0932. The van der Waals surface area contributed by atoms with Gasteiger partial charge in [-0.25, -0.2) is 0 Å². The van der Waals surface area contributed by atoms with E-state index in [1.165, 1.54) is 44.9 Å². The Labute approximate surface area is 142 Å². The van der Waals surface area contributed by atoms with Crippen LogP contribution in [0.4, 0.5) is 0 Å². The summed E-state index contributed by atoms with van der Waals surface area (Å²) in [5.41, 5.74) is -0.874. The number of carbonyl (C=O) groups excluding carboxylic acids is 1. The molecule has 4 nitrogen and oxygen atoms in total. The summed E-state index contributed by atoms with van der Waals surface area (Å²) in [6, 6.07) is 0. The molecule has 1 rings (SSSR count). The van der Waals surface area contributed by atoms with Crippen molar-refractivity contribution in [2.75, 3.05) is 13.1 Å². The third-order valence-corrected chi connectivity index (χ3v) is 4.87. The van der Waals surface area contributed by atoms with Crippen LogP contribution in [0, 0.1) is 5.41 Å². The maximum Gasteiger partial charge on any atom is 0.233 e. The van der Waals surface area contributed by atoms with Gasteiger partial charge in [0.15, 0.2) is 0 Å². The fraction of sp³-hybridized carbons (Fsp3) is 0.895. The molecule has 2 atom stereocenters. The topological polar surface area (TPSA) is 61.7 Å². The van der Waals surface area contributed by atoms with Gasteiger partial charge in [-0.15, -0.1) is 0 Å². The van der Waals surface area contributed by atoms with E-state index in [-0.39, 0.29) is 5.91 Å². The standard InChI is InChI=1S/C19H36N2O2/c1-3-4-5-6-7-8-9-10-11-13-17(22)19(2)16-20-14-12-15-21-18(19)23/h16-17,22H,3-15H2,1-2H3,(H,21,23). The molecule has 1 amide bonds. The van der Waals surface area contributed by atoms with Crippen molar-refractivity contribution in [1.82, 2.24) is 5.32 Å². The summed E-state index contributed by atoms with van der Waals surface area (Å²) in [6.07, 6.45) is 13.9. The van der Waals surface area contributed by atoms with Gasteiger partial charge in [-0.3, -0.25) is 9.79 Å². The summed E-state index contributed by atoms with van der Waals surface area (Å²) in [6.45, 7) is 5.42. The Balaban J connectivity index is 2.20. The summed E-state index contributed by atoms with van der Waals surface area (Å²) in [5.74, 6) is -0.0932. The molecule has 0 saturated heterocycles. The number of nitrogens with zero attached hydrogens (tertiary/aromatic N) is 1. The Morgan fingerprint density at radius 2 is 1.78 bits per heavy atom. The van der Waals surface area contributed by atoms with E-state index in [4.69, 9.17) is 0 Å². The van der Waals surface area contributed by atoms with E-state index >= 15 is 0 Å². The smallest absolute Gasteiger partial charge is 0.233 e. The number of carbonyl (C=O) groups is 1. The van der Waals surface area contributed by atoms with Crippen LogP contribution in [0.15, 0.2) is 4.99 Å². The van der Waals surface area contributed by atoms with E-state index in [0.29, 0.717) is 13.0 Å². The minimum atomic E-state index is -0.874. The zero-order valence-corrected chi connectivity index (χ0v) is 15.1. The van der Waals surface area contributed by atoms with Crippen molar-refractivity contribution in [2.24, 2.45) is 10.4 Å². The second kappa shape index (κ2) is 11.6. The van der Waals surface area contributed by atoms with E-state index in [2.05, 4.69) is 17.2 Å². The first-order valence-corrected chi connectivity index (χ1v) is 9.58. The molecule has 134 valence electrons. The van der Waals surface area contributed by atoms with E-state index in [1.54, 1.807) is 13.1 Å². The van der Waals surface area contributed by atoms with E-state index in [1.807, 2.05) is 0 Å². The maximum absolute atomic E-state index is 12.2. The van der Waals surface area contributed by atoms with Crippen molar-refractivity contribution in [1.29, 1.82) is 0 Å². The predicted octanol–water partition coefficient (Wildman–Crippen LogP) is 3.87. The SMILES string of the molecule is CCCCCCCCCCCC(O)C1(C)C=NCCCNC1=O. The molecule has 1 aliphatic heterocycles. The van der Waals surface area contributed by atoms with E-state index < -0.39 is 11.5 Å². The second-order valence-electron chi connectivity index (χ2n) is 7.06. The van der Waals surface area contributed by atoms with Crippen molar-refractivity contribution >= 4 is 12.1 Å². The Morgan fingerprint density at radius 1 is 1.17 bits per heavy atom. The molecule has 0 radical (unpaired) electrons. The number of hydrogen-bond acceptors (Lipinski definition) is 3. The van der Waals surface area contributed by atoms with Crippen LogP contribution in [-0.4, -0.2) is 36.4 Å². The summed E-state index contributed by atoms with van der Waals surface area (Å²) in [7, 11) is 0. The molecule has 0 fully saturated rings. The van der Waals surface area contributed by atoms with E-state index in [9.17, 15) is 9.90 Å². The molecule has 0 aromatic heterocycles. The van der Waals surface area contributed by atoms with Gasteiger partial charge < -0.3 is 10.4 Å². The first kappa shape index (κ1) is 20.1. The molecule has 0 aromatic rings. The van der Waals surface area contributed by atoms with Crippen LogP contribution in [0.1, 0.15) is 84.5 Å². The van der Waals surface area contributed by atoms with Crippen LogP contribution in [-0.2, 0) is 4.79 Å². The van der Waals surface area contributed by atoms with Gasteiger partial charge in [0.1, 0.15) is 5.41 Å². The molecule has 0 spiro atoms. The number of nitrogens with one attached hydrogen (secondary N) is 1. The lowest BCUT2D eigenvalue weighted by Crippen LogP contribution is -2.49. The Bertz CT molecular complexity index is 357. The molecule has 0 aliphatic carbocycles. The first-order chi connectivity index (χ1) is 11.1. The highest BCUT2D eigenvalue weighted by atomic mass is 16.3. The lowest BCUT2D eigenvalue weighted by Gasteiger charge is -2.30. The van der Waals surface area contributed by atoms with Crippen LogP contribution < -0.4 is 5.32 Å². The molecule has 2 unspecified atom stereocenters. The zero-order valence-electron chi connectivity index (χ0n) is 15.1. The highest BCUT2D eigenvalue weighted by Crippen LogP contribution is 2.25. The second-order valence-corrected chi connectivity index (χ2v) is 7.06. The fourth-order valence-corrected chi connectivity index (χ4v) is 3.06. The maximum atomic E-state index is 12.2. The van der Waals surface area contributed by atoms with Crippen LogP contribution in [0.3, 0.4) is 0 Å². The van der Waals surface area contributed by atoms with Crippen LogP contribution in [0.25, 0.3) is 0 Å². The number of aliphatic hydroxyl groups excluding tert-OH is 1. The molecular formula is C19H36N2O2. The normalized spacial score (nSPS) is 23.2. The quantitative estimate of drug-likeness (QED) is 0.567. The van der Waals surface area contributed by atoms with Crippen molar-refractivity contribution in [3.8, 4) is 0 Å². The van der Waals surface area contributed by atoms with E-state index in [0.717, 1.165) is 25.8 Å². The lowest BCUT2D eigenvalue weighted by atomic mass is 9.81. The number of amides is 1. The van der Waals surface area contributed by atoms with Crippen molar-refractivity contribution < 1.29 is 9.90 Å². The van der Waals surface area contributed by atoms with Gasteiger partial charge in [0, 0.05) is 19.3 Å². The molecule has 1 aliphatic rings. The van der Waals surface area contributed by atoms with Crippen LogP contribution in [0.2, 0.25) is 0 Å². The molecular weight excluding hydrogens is 288 g/mol. The average molecular weight is 325 g/mol. The third-order valence-electron chi connectivity index (χ3n) is 4.87. The van der Waals surface area contributed by atoms with Crippen molar-refractivity contribution in [3.63, 3.8) is 0 Å². The Hall–Kier alpha value is -0.900. The zero-order chi connectivity index (χ0) is 17.0. The minimum Gasteiger partial charge on any atom is -0.392 e.